The van der Waals surface area contributed by atoms with Gasteiger partial charge in [-0.1, -0.05) is 208 Å². The number of hydrogen-bond acceptors (Lipinski definition) is 1. The quantitative estimate of drug-likeness (QED) is 0.132. The summed E-state index contributed by atoms with van der Waals surface area (Å²) in [5, 5.41) is 2.48. The number of fused-ring (bicyclic) bond motifs is 6. The Morgan fingerprint density at radius 1 is 0.414 bits per heavy atom. The Labute approximate surface area is 413 Å². The first-order valence-electron chi connectivity index (χ1n) is 25.6. The average molecular weight is 900 g/mol. The molecule has 3 aliphatic carbocycles. The SMILES string of the molecule is CC(C)c1cccc2c1-c1ccc(N(c3ccc(-c4ccc(C5CC6CCC5C6)cc4)cc3)c3ccc(-c4cc5ccccc5cc4-c4ccccc4)cc3)cc1C2(c1ccccc1)c1ccccc1. The first-order chi connectivity index (χ1) is 34.5. The van der Waals surface area contributed by atoms with Crippen LogP contribution in [0.4, 0.5) is 17.1 Å². The molecule has 2 fully saturated rings. The number of rotatable bonds is 10. The fourth-order valence-corrected chi connectivity index (χ4v) is 13.1. The van der Waals surface area contributed by atoms with Crippen LogP contribution in [0, 0.1) is 11.8 Å². The Hall–Kier alpha value is -7.74. The van der Waals surface area contributed by atoms with Crippen molar-refractivity contribution < 1.29 is 0 Å². The summed E-state index contributed by atoms with van der Waals surface area (Å²) in [5.41, 5.74) is 21.0. The van der Waals surface area contributed by atoms with Gasteiger partial charge in [0.05, 0.1) is 5.41 Å². The van der Waals surface area contributed by atoms with E-state index in [0.717, 1.165) is 34.8 Å². The lowest BCUT2D eigenvalue weighted by atomic mass is 9.67. The zero-order chi connectivity index (χ0) is 46.8. The summed E-state index contributed by atoms with van der Waals surface area (Å²) in [6, 6.07) is 89.1. The molecule has 10 aromatic rings. The monoisotopic (exact) mass is 899 g/mol. The van der Waals surface area contributed by atoms with Gasteiger partial charge in [0.15, 0.2) is 0 Å². The molecular formula is C69H57N. The van der Waals surface area contributed by atoms with Crippen LogP contribution in [0.1, 0.15) is 84.7 Å². The third-order valence-electron chi connectivity index (χ3n) is 16.4. The van der Waals surface area contributed by atoms with Crippen LogP contribution in [-0.4, -0.2) is 0 Å². The molecule has 3 atom stereocenters. The fraction of sp³-hybridized carbons (Fsp3) is 0.159. The standard InChI is InChI=1S/C69H57N/c1-46(2)61-23-14-24-66-68(61)62-40-39-60(45-67(62)69(66,56-19-8-4-9-20-56)57-21-10-5-11-22-57)70(58-35-31-49(32-36-58)48-27-29-51(30-28-48)63-42-47-25-26-55(63)41-47)59-37-33-52(34-38-59)65-44-54-18-13-12-17-53(54)43-64(65)50-15-6-3-7-16-50/h3-24,27-40,43-47,55,63H,25-26,41-42H2,1-2H3. The van der Waals surface area contributed by atoms with Gasteiger partial charge in [-0.3, -0.25) is 0 Å². The van der Waals surface area contributed by atoms with Crippen LogP contribution in [-0.2, 0) is 5.41 Å². The highest BCUT2D eigenvalue weighted by atomic mass is 15.1. The molecule has 2 bridgehead atoms. The van der Waals surface area contributed by atoms with E-state index in [4.69, 9.17) is 0 Å². The lowest BCUT2D eigenvalue weighted by Gasteiger charge is -2.35. The van der Waals surface area contributed by atoms with Gasteiger partial charge in [-0.25, -0.2) is 0 Å². The normalized spacial score (nSPS) is 17.4. The maximum Gasteiger partial charge on any atom is 0.0714 e. The molecule has 0 heterocycles. The van der Waals surface area contributed by atoms with Crippen LogP contribution >= 0.6 is 0 Å². The number of nitrogens with zero attached hydrogens (tertiary/aromatic N) is 1. The van der Waals surface area contributed by atoms with Crippen LogP contribution < -0.4 is 4.90 Å². The number of hydrogen-bond donors (Lipinski definition) is 0. The molecule has 13 rings (SSSR count). The molecule has 0 aliphatic heterocycles. The van der Waals surface area contributed by atoms with Crippen molar-refractivity contribution in [2.75, 3.05) is 4.90 Å². The number of benzene rings is 10. The first-order valence-corrected chi connectivity index (χ1v) is 25.6. The second-order valence-electron chi connectivity index (χ2n) is 20.6. The van der Waals surface area contributed by atoms with Crippen molar-refractivity contribution in [3.05, 3.63) is 270 Å². The highest BCUT2D eigenvalue weighted by Crippen LogP contribution is 2.59. The van der Waals surface area contributed by atoms with Crippen molar-refractivity contribution in [3.63, 3.8) is 0 Å². The molecule has 10 aromatic carbocycles. The van der Waals surface area contributed by atoms with Crippen LogP contribution in [0.3, 0.4) is 0 Å². The van der Waals surface area contributed by atoms with Gasteiger partial charge >= 0.3 is 0 Å². The summed E-state index contributed by atoms with van der Waals surface area (Å²) in [5.74, 6) is 2.92. The van der Waals surface area contributed by atoms with E-state index in [2.05, 4.69) is 255 Å². The summed E-state index contributed by atoms with van der Waals surface area (Å²) in [6.45, 7) is 4.66. The Kier molecular flexibility index (Phi) is 10.5. The van der Waals surface area contributed by atoms with E-state index in [0.29, 0.717) is 5.92 Å². The molecule has 0 aromatic heterocycles. The highest BCUT2D eigenvalue weighted by Gasteiger charge is 2.47. The second-order valence-corrected chi connectivity index (χ2v) is 20.6. The third-order valence-corrected chi connectivity index (χ3v) is 16.4. The van der Waals surface area contributed by atoms with E-state index in [1.807, 2.05) is 0 Å². The molecule has 70 heavy (non-hydrogen) atoms. The van der Waals surface area contributed by atoms with Gasteiger partial charge in [0.2, 0.25) is 0 Å². The molecular weight excluding hydrogens is 843 g/mol. The summed E-state index contributed by atoms with van der Waals surface area (Å²) >= 11 is 0. The van der Waals surface area contributed by atoms with E-state index in [9.17, 15) is 0 Å². The smallest absolute Gasteiger partial charge is 0.0714 e. The largest absolute Gasteiger partial charge is 0.310 e. The van der Waals surface area contributed by atoms with Crippen LogP contribution in [0.2, 0.25) is 0 Å². The van der Waals surface area contributed by atoms with E-state index < -0.39 is 5.41 Å². The molecule has 1 nitrogen and oxygen atoms in total. The molecule has 0 amide bonds. The summed E-state index contributed by atoms with van der Waals surface area (Å²) in [6.07, 6.45) is 5.65. The molecule has 3 unspecified atom stereocenters. The first kappa shape index (κ1) is 42.4. The molecule has 338 valence electrons. The lowest BCUT2D eigenvalue weighted by Crippen LogP contribution is -2.28. The van der Waals surface area contributed by atoms with Crippen molar-refractivity contribution in [1.29, 1.82) is 0 Å². The van der Waals surface area contributed by atoms with Gasteiger partial charge in [0.1, 0.15) is 0 Å². The van der Waals surface area contributed by atoms with Crippen molar-refractivity contribution in [2.24, 2.45) is 11.8 Å². The maximum absolute atomic E-state index is 2.51. The van der Waals surface area contributed by atoms with Gasteiger partial charge in [0, 0.05) is 17.1 Å². The zero-order valence-electron chi connectivity index (χ0n) is 40.1. The third kappa shape index (κ3) is 7.05. The van der Waals surface area contributed by atoms with Crippen LogP contribution in [0.25, 0.3) is 55.3 Å². The molecule has 1 heteroatoms. The summed E-state index contributed by atoms with van der Waals surface area (Å²) < 4.78 is 0. The van der Waals surface area contributed by atoms with Gasteiger partial charge < -0.3 is 4.90 Å². The van der Waals surface area contributed by atoms with E-state index in [1.165, 1.54) is 114 Å². The maximum atomic E-state index is 2.51. The van der Waals surface area contributed by atoms with E-state index in [1.54, 1.807) is 0 Å². The minimum absolute atomic E-state index is 0.359. The lowest BCUT2D eigenvalue weighted by molar-refractivity contribution is 0.420. The van der Waals surface area contributed by atoms with Gasteiger partial charge in [-0.2, -0.15) is 0 Å². The molecule has 0 N–H and O–H groups in total. The predicted molar refractivity (Wildman–Crippen MR) is 295 cm³/mol. The van der Waals surface area contributed by atoms with Crippen molar-refractivity contribution in [1.82, 2.24) is 0 Å². The number of anilines is 3. The average Bonchev–Trinajstić information content (AvgIpc) is 4.15. The van der Waals surface area contributed by atoms with Crippen molar-refractivity contribution >= 4 is 27.8 Å². The van der Waals surface area contributed by atoms with Gasteiger partial charge in [-0.15, -0.1) is 0 Å². The summed E-state index contributed by atoms with van der Waals surface area (Å²) in [4.78, 5) is 2.47. The summed E-state index contributed by atoms with van der Waals surface area (Å²) in [7, 11) is 0. The molecule has 0 saturated heterocycles. The fourth-order valence-electron chi connectivity index (χ4n) is 13.1. The van der Waals surface area contributed by atoms with Crippen molar-refractivity contribution in [2.45, 2.75) is 56.8 Å². The second kappa shape index (κ2) is 17.3. The van der Waals surface area contributed by atoms with Gasteiger partial charge in [0.25, 0.3) is 0 Å². The molecule has 0 spiro atoms. The van der Waals surface area contributed by atoms with E-state index in [-0.39, 0.29) is 0 Å². The Morgan fingerprint density at radius 3 is 1.50 bits per heavy atom. The zero-order valence-corrected chi connectivity index (χ0v) is 40.1. The predicted octanol–water partition coefficient (Wildman–Crippen LogP) is 18.7. The van der Waals surface area contributed by atoms with E-state index >= 15 is 0 Å². The Bertz CT molecular complexity index is 3460. The van der Waals surface area contributed by atoms with Gasteiger partial charge in [-0.05, 0) is 180 Å². The van der Waals surface area contributed by atoms with Crippen molar-refractivity contribution in [3.8, 4) is 44.5 Å². The highest BCUT2D eigenvalue weighted by molar-refractivity contribution is 5.97. The molecule has 0 radical (unpaired) electrons. The topological polar surface area (TPSA) is 3.24 Å². The molecule has 2 saturated carbocycles. The molecule has 3 aliphatic rings. The minimum Gasteiger partial charge on any atom is -0.310 e. The minimum atomic E-state index is -0.526. The van der Waals surface area contributed by atoms with Crippen LogP contribution in [0.15, 0.2) is 237 Å². The Balaban J connectivity index is 0.970. The van der Waals surface area contributed by atoms with Crippen LogP contribution in [0.5, 0.6) is 0 Å². The Morgan fingerprint density at radius 2 is 0.943 bits per heavy atom.